The molecule has 4 unspecified atom stereocenters. The van der Waals surface area contributed by atoms with Gasteiger partial charge in [-0.25, -0.2) is 9.78 Å². The molecule has 0 spiro atoms. The molecular formula is C35H44FLiN6O3-2. The Morgan fingerprint density at radius 2 is 1.91 bits per heavy atom. The number of halogens is 1. The van der Waals surface area contributed by atoms with E-state index in [-0.39, 0.29) is 42.4 Å². The zero-order valence-corrected chi connectivity index (χ0v) is 27.2. The summed E-state index contributed by atoms with van der Waals surface area (Å²) in [5, 5.41) is 7.69. The van der Waals surface area contributed by atoms with E-state index in [1.165, 1.54) is 18.9 Å². The van der Waals surface area contributed by atoms with E-state index in [9.17, 15) is 9.18 Å². The van der Waals surface area contributed by atoms with Crippen LogP contribution in [-0.4, -0.2) is 84.5 Å². The molecule has 1 amide bonds. The molecule has 5 heterocycles. The zero-order valence-electron chi connectivity index (χ0n) is 27.2. The first kappa shape index (κ1) is 34.4. The molecule has 4 saturated heterocycles. The van der Waals surface area contributed by atoms with E-state index >= 15 is 0 Å². The van der Waals surface area contributed by atoms with E-state index in [1.54, 1.807) is 19.2 Å². The Kier molecular flexibility index (Phi) is 11.5. The molecule has 9 nitrogen and oxygen atoms in total. The van der Waals surface area contributed by atoms with E-state index in [1.807, 2.05) is 18.2 Å². The summed E-state index contributed by atoms with van der Waals surface area (Å²) in [6.45, 7) is 12.2. The van der Waals surface area contributed by atoms with Crippen molar-refractivity contribution in [2.75, 3.05) is 44.8 Å². The third-order valence-corrected chi connectivity index (χ3v) is 9.81. The maximum atomic E-state index is 13.0. The van der Waals surface area contributed by atoms with Crippen molar-refractivity contribution < 1.29 is 37.5 Å². The zero-order chi connectivity index (χ0) is 31.4. The fourth-order valence-electron chi connectivity index (χ4n) is 7.60. The fraction of sp³-hybridized carbons (Fsp3) is 0.514. The third kappa shape index (κ3) is 7.31. The number of nitrogens with one attached hydrogen (secondary N) is 2. The minimum Gasteiger partial charge on any atom is -0.461 e. The van der Waals surface area contributed by atoms with E-state index in [0.29, 0.717) is 49.5 Å². The second-order valence-corrected chi connectivity index (χ2v) is 12.5. The quantitative estimate of drug-likeness (QED) is 0.290. The molecular weight excluding hydrogens is 578 g/mol. The molecule has 0 aliphatic carbocycles. The summed E-state index contributed by atoms with van der Waals surface area (Å²) < 4.78 is 24.7. The van der Waals surface area contributed by atoms with Gasteiger partial charge in [0.05, 0.1) is 5.54 Å². The fourth-order valence-corrected chi connectivity index (χ4v) is 7.60. The van der Waals surface area contributed by atoms with Gasteiger partial charge in [0.15, 0.2) is 0 Å². The molecule has 2 N–H and O–H groups in total. The van der Waals surface area contributed by atoms with Crippen LogP contribution in [0.1, 0.15) is 49.8 Å². The van der Waals surface area contributed by atoms with Crippen LogP contribution in [0.25, 0.3) is 10.8 Å². The van der Waals surface area contributed by atoms with Gasteiger partial charge in [0.2, 0.25) is 0 Å². The standard InChI is InChI=1S/C25H38N6O3.C10H6F.Li/c1-4-20-21(5-2)28-23(29-22(20)30-13-17-7-8-18(14-30)27-17)34-16-25-10-6-12-31(25)19(9-11-25)15-33-24(32)26-3;11-10-7-3-5-8-4-1-2-6-9(8)10;/h17-19,27H,1-2,4-16H2,3H3,(H,26,32);1-5,7H;/q-2;-1;+1. The summed E-state index contributed by atoms with van der Waals surface area (Å²) in [6, 6.07) is 15.0. The first-order valence-corrected chi connectivity index (χ1v) is 16.2. The van der Waals surface area contributed by atoms with Crippen molar-refractivity contribution in [3.05, 3.63) is 73.4 Å². The Morgan fingerprint density at radius 1 is 1.13 bits per heavy atom. The molecule has 3 aromatic rings. The van der Waals surface area contributed by atoms with Gasteiger partial charge in [0.25, 0.3) is 0 Å². The molecule has 1 aromatic heterocycles. The van der Waals surface area contributed by atoms with Crippen molar-refractivity contribution in [1.82, 2.24) is 25.5 Å². The topological polar surface area (TPSA) is 91.9 Å². The summed E-state index contributed by atoms with van der Waals surface area (Å²) >= 11 is 0. The van der Waals surface area contributed by atoms with Crippen molar-refractivity contribution in [2.45, 2.75) is 75.0 Å². The monoisotopic (exact) mass is 622 g/mol. The number of hydrogen-bond acceptors (Lipinski definition) is 8. The molecule has 0 radical (unpaired) electrons. The maximum Gasteiger partial charge on any atom is 1.00 e. The van der Waals surface area contributed by atoms with Crippen molar-refractivity contribution in [3.8, 4) is 6.01 Å². The van der Waals surface area contributed by atoms with Crippen molar-refractivity contribution in [2.24, 2.45) is 0 Å². The van der Waals surface area contributed by atoms with Gasteiger partial charge in [0.1, 0.15) is 19.0 Å². The summed E-state index contributed by atoms with van der Waals surface area (Å²) in [5.74, 6) is 0.768. The van der Waals surface area contributed by atoms with E-state index < -0.39 is 0 Å². The van der Waals surface area contributed by atoms with Crippen LogP contribution in [0.4, 0.5) is 15.0 Å². The molecule has 4 aliphatic rings. The number of rotatable bonds is 8. The Hall–Kier alpha value is -2.90. The summed E-state index contributed by atoms with van der Waals surface area (Å²) in [4.78, 5) is 26.1. The molecule has 0 saturated carbocycles. The number of fused-ring (bicyclic) bond motifs is 4. The van der Waals surface area contributed by atoms with Crippen molar-refractivity contribution in [1.29, 1.82) is 0 Å². The van der Waals surface area contributed by atoms with Gasteiger partial charge in [-0.2, -0.15) is 11.4 Å². The number of carbonyl (C=O) groups excluding carboxylic acids is 1. The van der Waals surface area contributed by atoms with Crippen LogP contribution in [0.5, 0.6) is 6.01 Å². The first-order chi connectivity index (χ1) is 21.9. The summed E-state index contributed by atoms with van der Waals surface area (Å²) in [7, 11) is 1.59. The second kappa shape index (κ2) is 15.3. The van der Waals surface area contributed by atoms with Crippen LogP contribution < -0.4 is 39.1 Å². The Labute approximate surface area is 284 Å². The van der Waals surface area contributed by atoms with E-state index in [0.717, 1.165) is 67.8 Å². The first-order valence-electron chi connectivity index (χ1n) is 16.2. The largest absolute Gasteiger partial charge is 1.00 e. The van der Waals surface area contributed by atoms with Crippen LogP contribution >= 0.6 is 0 Å². The predicted octanol–water partition coefficient (Wildman–Crippen LogP) is 1.69. The number of amides is 1. The number of alkyl carbamates (subject to hydrolysis) is 1. The number of hydrogen-bond donors (Lipinski definition) is 2. The average Bonchev–Trinajstić information content (AvgIpc) is 3.75. The molecule has 4 aliphatic heterocycles. The molecule has 2 aromatic carbocycles. The van der Waals surface area contributed by atoms with E-state index in [2.05, 4.69) is 40.3 Å². The number of benzene rings is 2. The maximum absolute atomic E-state index is 13.0. The van der Waals surface area contributed by atoms with Gasteiger partial charge in [-0.3, -0.25) is 9.29 Å². The van der Waals surface area contributed by atoms with Crippen LogP contribution in [0.3, 0.4) is 0 Å². The number of carbonyl (C=O) groups is 1. The number of nitrogens with zero attached hydrogens (tertiary/aromatic N) is 4. The SMILES string of the molecule is Fc1cccc2ccc[c-]c12.[CH2-]Cc1nc(OCC23CCCN2C(COC(=O)NC)CC3)nc(N2CC3CCC(C2)N3)c1C[CH2-].[Li+]. The Morgan fingerprint density at radius 3 is 2.63 bits per heavy atom. The van der Waals surface area contributed by atoms with Crippen molar-refractivity contribution >= 4 is 22.7 Å². The van der Waals surface area contributed by atoms with Crippen LogP contribution in [0, 0.1) is 25.7 Å². The molecule has 4 atom stereocenters. The second-order valence-electron chi connectivity index (χ2n) is 12.5. The summed E-state index contributed by atoms with van der Waals surface area (Å²) in [6.07, 6.45) is 7.54. The molecule has 2 bridgehead atoms. The van der Waals surface area contributed by atoms with Gasteiger partial charge in [0, 0.05) is 49.8 Å². The van der Waals surface area contributed by atoms with Gasteiger partial charge in [-0.1, -0.05) is 18.2 Å². The van der Waals surface area contributed by atoms with Crippen molar-refractivity contribution in [3.63, 3.8) is 0 Å². The molecule has 4 fully saturated rings. The van der Waals surface area contributed by atoms with Gasteiger partial charge >= 0.3 is 31.0 Å². The van der Waals surface area contributed by atoms with Gasteiger partial charge in [-0.15, -0.1) is 41.5 Å². The van der Waals surface area contributed by atoms with Crippen LogP contribution in [-0.2, 0) is 17.6 Å². The Balaban J connectivity index is 0.000000292. The number of anilines is 1. The Bertz CT molecular complexity index is 1480. The third-order valence-electron chi connectivity index (χ3n) is 9.81. The molecule has 7 rings (SSSR count). The predicted molar refractivity (Wildman–Crippen MR) is 173 cm³/mol. The number of ether oxygens (including phenoxy) is 2. The van der Waals surface area contributed by atoms with Gasteiger partial charge in [-0.05, 0) is 50.6 Å². The minimum atomic E-state index is -0.374. The smallest absolute Gasteiger partial charge is 0.461 e. The van der Waals surface area contributed by atoms with Crippen LogP contribution in [0.15, 0.2) is 36.4 Å². The number of aromatic nitrogens is 2. The molecule has 11 heteroatoms. The average molecular weight is 623 g/mol. The summed E-state index contributed by atoms with van der Waals surface area (Å²) in [5.41, 5.74) is 1.99. The molecule has 242 valence electrons. The van der Waals surface area contributed by atoms with Crippen LogP contribution in [0.2, 0.25) is 0 Å². The van der Waals surface area contributed by atoms with E-state index in [4.69, 9.17) is 19.4 Å². The van der Waals surface area contributed by atoms with Gasteiger partial charge < -0.3 is 38.9 Å². The minimum absolute atomic E-state index is 0. The normalized spacial score (nSPS) is 25.0. The molecule has 46 heavy (non-hydrogen) atoms. The number of piperazine rings is 1.